The molecule has 0 aromatic carbocycles. The Morgan fingerprint density at radius 3 is 2.72 bits per heavy atom. The third-order valence-electron chi connectivity index (χ3n) is 3.65. The third-order valence-corrected chi connectivity index (χ3v) is 3.65. The summed E-state index contributed by atoms with van der Waals surface area (Å²) >= 11 is 0. The Hall–Kier alpha value is -1.58. The van der Waals surface area contributed by atoms with Gasteiger partial charge in [-0.1, -0.05) is 13.0 Å². The summed E-state index contributed by atoms with van der Waals surface area (Å²) in [6.07, 6.45) is 3.81. The van der Waals surface area contributed by atoms with Gasteiger partial charge in [-0.25, -0.2) is 0 Å². The summed E-state index contributed by atoms with van der Waals surface area (Å²) in [6, 6.07) is 3.58. The van der Waals surface area contributed by atoms with Crippen LogP contribution < -0.4 is 5.56 Å². The van der Waals surface area contributed by atoms with Crippen molar-refractivity contribution in [3.8, 4) is 0 Å². The molecule has 98 valence electrons. The minimum absolute atomic E-state index is 0.0506. The summed E-state index contributed by atoms with van der Waals surface area (Å²) in [7, 11) is 0. The molecule has 0 unspecified atom stereocenters. The Morgan fingerprint density at radius 1 is 1.39 bits per heavy atom. The second kappa shape index (κ2) is 5.38. The van der Waals surface area contributed by atoms with Crippen molar-refractivity contribution in [2.75, 3.05) is 13.1 Å². The number of aryl methyl sites for hydroxylation is 1. The van der Waals surface area contributed by atoms with E-state index in [0.717, 1.165) is 25.9 Å². The summed E-state index contributed by atoms with van der Waals surface area (Å²) in [5.41, 5.74) is 0.605. The lowest BCUT2D eigenvalue weighted by Gasteiger charge is -2.30. The first-order valence-electron chi connectivity index (χ1n) is 6.52. The lowest BCUT2D eigenvalue weighted by molar-refractivity contribution is -0.133. The largest absolute Gasteiger partial charge is 0.341 e. The van der Waals surface area contributed by atoms with E-state index in [0.29, 0.717) is 11.5 Å². The minimum atomic E-state index is -0.0729. The normalized spacial score (nSPS) is 16.9. The number of carbonyl (C=O) groups excluding carboxylic acids is 1. The highest BCUT2D eigenvalue weighted by Crippen LogP contribution is 2.16. The SMILES string of the molecule is Cc1cccn(CC(=O)N2CCC(C)CC2)c1=O. The molecule has 1 fully saturated rings. The van der Waals surface area contributed by atoms with Crippen molar-refractivity contribution in [3.63, 3.8) is 0 Å². The van der Waals surface area contributed by atoms with Crippen LogP contribution in [0.15, 0.2) is 23.1 Å². The van der Waals surface area contributed by atoms with E-state index in [1.807, 2.05) is 11.0 Å². The maximum atomic E-state index is 12.1. The van der Waals surface area contributed by atoms with Crippen molar-refractivity contribution in [2.24, 2.45) is 5.92 Å². The lowest BCUT2D eigenvalue weighted by atomic mass is 9.99. The van der Waals surface area contributed by atoms with Crippen molar-refractivity contribution in [3.05, 3.63) is 34.2 Å². The molecule has 1 saturated heterocycles. The van der Waals surface area contributed by atoms with Crippen LogP contribution >= 0.6 is 0 Å². The van der Waals surface area contributed by atoms with Crippen LogP contribution in [0.5, 0.6) is 0 Å². The monoisotopic (exact) mass is 248 g/mol. The molecule has 2 heterocycles. The van der Waals surface area contributed by atoms with Crippen LogP contribution in [-0.2, 0) is 11.3 Å². The highest BCUT2D eigenvalue weighted by Gasteiger charge is 2.20. The highest BCUT2D eigenvalue weighted by molar-refractivity contribution is 5.76. The van der Waals surface area contributed by atoms with Gasteiger partial charge in [-0.05, 0) is 31.7 Å². The van der Waals surface area contributed by atoms with E-state index in [4.69, 9.17) is 0 Å². The average Bonchev–Trinajstić information content (AvgIpc) is 2.36. The second-order valence-corrected chi connectivity index (χ2v) is 5.19. The number of rotatable bonds is 2. The van der Waals surface area contributed by atoms with E-state index in [9.17, 15) is 9.59 Å². The Balaban J connectivity index is 2.03. The smallest absolute Gasteiger partial charge is 0.253 e. The van der Waals surface area contributed by atoms with Gasteiger partial charge in [-0.2, -0.15) is 0 Å². The molecular weight excluding hydrogens is 228 g/mol. The number of amides is 1. The van der Waals surface area contributed by atoms with Crippen molar-refractivity contribution < 1.29 is 4.79 Å². The van der Waals surface area contributed by atoms with Gasteiger partial charge in [0.05, 0.1) is 0 Å². The molecule has 2 rings (SSSR count). The molecule has 4 heteroatoms. The predicted octanol–water partition coefficient (Wildman–Crippen LogP) is 1.42. The fourth-order valence-electron chi connectivity index (χ4n) is 2.28. The van der Waals surface area contributed by atoms with E-state index >= 15 is 0 Å². The molecule has 0 radical (unpaired) electrons. The summed E-state index contributed by atoms with van der Waals surface area (Å²) in [4.78, 5) is 25.8. The van der Waals surface area contributed by atoms with Gasteiger partial charge in [-0.15, -0.1) is 0 Å². The summed E-state index contributed by atoms with van der Waals surface area (Å²) < 4.78 is 1.50. The van der Waals surface area contributed by atoms with Crippen LogP contribution in [0.1, 0.15) is 25.3 Å². The molecule has 0 aliphatic carbocycles. The second-order valence-electron chi connectivity index (χ2n) is 5.19. The molecule has 0 saturated carbocycles. The van der Waals surface area contributed by atoms with Crippen molar-refractivity contribution in [1.29, 1.82) is 0 Å². The van der Waals surface area contributed by atoms with E-state index in [2.05, 4.69) is 6.92 Å². The van der Waals surface area contributed by atoms with Crippen molar-refractivity contribution >= 4 is 5.91 Å². The summed E-state index contributed by atoms with van der Waals surface area (Å²) in [5.74, 6) is 0.755. The number of hydrogen-bond acceptors (Lipinski definition) is 2. The van der Waals surface area contributed by atoms with Gasteiger partial charge in [0.2, 0.25) is 5.91 Å². The minimum Gasteiger partial charge on any atom is -0.341 e. The number of hydrogen-bond donors (Lipinski definition) is 0. The van der Waals surface area contributed by atoms with E-state index in [1.165, 1.54) is 4.57 Å². The molecule has 1 aromatic heterocycles. The first-order chi connectivity index (χ1) is 8.58. The van der Waals surface area contributed by atoms with Crippen molar-refractivity contribution in [1.82, 2.24) is 9.47 Å². The topological polar surface area (TPSA) is 42.3 Å². The number of pyridine rings is 1. The number of piperidine rings is 1. The van der Waals surface area contributed by atoms with Crippen LogP contribution in [0.2, 0.25) is 0 Å². The van der Waals surface area contributed by atoms with Gasteiger partial charge in [0.1, 0.15) is 6.54 Å². The number of nitrogens with zero attached hydrogens (tertiary/aromatic N) is 2. The van der Waals surface area contributed by atoms with Crippen LogP contribution in [0, 0.1) is 12.8 Å². The van der Waals surface area contributed by atoms with E-state index < -0.39 is 0 Å². The van der Waals surface area contributed by atoms with Gasteiger partial charge in [0.25, 0.3) is 5.56 Å². The lowest BCUT2D eigenvalue weighted by Crippen LogP contribution is -2.41. The molecule has 0 spiro atoms. The molecule has 1 aromatic rings. The quantitative estimate of drug-likeness (QED) is 0.794. The average molecular weight is 248 g/mol. The van der Waals surface area contributed by atoms with E-state index in [-0.39, 0.29) is 18.0 Å². The predicted molar refractivity (Wildman–Crippen MR) is 70.4 cm³/mol. The van der Waals surface area contributed by atoms with Crippen LogP contribution in [-0.4, -0.2) is 28.5 Å². The fourth-order valence-corrected chi connectivity index (χ4v) is 2.28. The highest BCUT2D eigenvalue weighted by atomic mass is 16.2. The van der Waals surface area contributed by atoms with Crippen LogP contribution in [0.25, 0.3) is 0 Å². The first kappa shape index (κ1) is 12.9. The zero-order valence-corrected chi connectivity index (χ0v) is 11.1. The van der Waals surface area contributed by atoms with Gasteiger partial charge in [-0.3, -0.25) is 9.59 Å². The molecule has 1 aliphatic heterocycles. The maximum absolute atomic E-state index is 12.1. The Morgan fingerprint density at radius 2 is 2.06 bits per heavy atom. The van der Waals surface area contributed by atoms with E-state index in [1.54, 1.807) is 19.2 Å². The molecule has 0 N–H and O–H groups in total. The molecule has 18 heavy (non-hydrogen) atoms. The van der Waals surface area contributed by atoms with Gasteiger partial charge >= 0.3 is 0 Å². The molecule has 0 bridgehead atoms. The maximum Gasteiger partial charge on any atom is 0.253 e. The molecular formula is C14H20N2O2. The zero-order valence-electron chi connectivity index (χ0n) is 11.1. The summed E-state index contributed by atoms with van der Waals surface area (Å²) in [6.45, 7) is 5.79. The molecule has 0 atom stereocenters. The van der Waals surface area contributed by atoms with Gasteiger partial charge in [0.15, 0.2) is 0 Å². The molecule has 4 nitrogen and oxygen atoms in total. The fraction of sp³-hybridized carbons (Fsp3) is 0.571. The standard InChI is InChI=1S/C14H20N2O2/c1-11-5-8-15(9-6-11)13(17)10-16-7-3-4-12(2)14(16)18/h3-4,7,11H,5-6,8-10H2,1-2H3. The van der Waals surface area contributed by atoms with Crippen molar-refractivity contribution in [2.45, 2.75) is 33.2 Å². The Bertz CT molecular complexity index is 485. The first-order valence-corrected chi connectivity index (χ1v) is 6.52. The van der Waals surface area contributed by atoms with Gasteiger partial charge < -0.3 is 9.47 Å². The Kier molecular flexibility index (Phi) is 3.84. The molecule has 1 amide bonds. The van der Waals surface area contributed by atoms with Crippen LogP contribution in [0.3, 0.4) is 0 Å². The molecule has 1 aliphatic rings. The zero-order chi connectivity index (χ0) is 13.1. The third kappa shape index (κ3) is 2.81. The Labute approximate surface area is 107 Å². The summed E-state index contributed by atoms with van der Waals surface area (Å²) in [5, 5.41) is 0. The number of carbonyl (C=O) groups is 1. The number of aromatic nitrogens is 1. The van der Waals surface area contributed by atoms with Gasteiger partial charge in [0, 0.05) is 24.8 Å². The number of likely N-dealkylation sites (tertiary alicyclic amines) is 1. The van der Waals surface area contributed by atoms with Crippen LogP contribution in [0.4, 0.5) is 0 Å².